The number of aromatic nitrogens is 2. The van der Waals surface area contributed by atoms with Gasteiger partial charge in [-0.2, -0.15) is 0 Å². The fraction of sp³-hybridized carbons (Fsp3) is 0.0588. The SMILES string of the molecule is Cc1ccc2nc(-c3ccccc3)c(C=CC(N)=O)n2c1. The maximum atomic E-state index is 11.1. The minimum atomic E-state index is -0.475. The number of nitrogens with two attached hydrogens (primary N) is 1. The second-order valence-electron chi connectivity index (χ2n) is 4.88. The molecule has 21 heavy (non-hydrogen) atoms. The zero-order chi connectivity index (χ0) is 14.8. The van der Waals surface area contributed by atoms with Crippen molar-refractivity contribution in [1.82, 2.24) is 9.38 Å². The van der Waals surface area contributed by atoms with Crippen LogP contribution in [-0.4, -0.2) is 15.3 Å². The fourth-order valence-electron chi connectivity index (χ4n) is 2.30. The molecule has 3 aromatic rings. The second kappa shape index (κ2) is 5.25. The number of hydrogen-bond donors (Lipinski definition) is 1. The molecule has 0 aliphatic heterocycles. The molecule has 3 rings (SSSR count). The van der Waals surface area contributed by atoms with Gasteiger partial charge in [0.1, 0.15) is 5.65 Å². The van der Waals surface area contributed by atoms with Gasteiger partial charge in [0.05, 0.1) is 11.4 Å². The van der Waals surface area contributed by atoms with E-state index in [1.165, 1.54) is 6.08 Å². The van der Waals surface area contributed by atoms with E-state index < -0.39 is 5.91 Å². The van der Waals surface area contributed by atoms with Crippen LogP contribution in [0.3, 0.4) is 0 Å². The van der Waals surface area contributed by atoms with Gasteiger partial charge in [-0.3, -0.25) is 9.20 Å². The Bertz CT molecular complexity index is 832. The number of hydrogen-bond acceptors (Lipinski definition) is 2. The van der Waals surface area contributed by atoms with E-state index in [2.05, 4.69) is 4.98 Å². The van der Waals surface area contributed by atoms with E-state index in [1.54, 1.807) is 6.08 Å². The van der Waals surface area contributed by atoms with Crippen molar-refractivity contribution in [2.75, 3.05) is 0 Å². The zero-order valence-electron chi connectivity index (χ0n) is 11.7. The Morgan fingerprint density at radius 3 is 2.67 bits per heavy atom. The van der Waals surface area contributed by atoms with Gasteiger partial charge in [0.2, 0.25) is 5.91 Å². The lowest BCUT2D eigenvalue weighted by molar-refractivity contribution is -0.113. The van der Waals surface area contributed by atoms with E-state index in [9.17, 15) is 4.79 Å². The van der Waals surface area contributed by atoms with Crippen LogP contribution < -0.4 is 5.73 Å². The van der Waals surface area contributed by atoms with Crippen LogP contribution in [0.25, 0.3) is 23.0 Å². The summed E-state index contributed by atoms with van der Waals surface area (Å²) in [5.41, 5.74) is 9.85. The number of rotatable bonds is 3. The maximum Gasteiger partial charge on any atom is 0.241 e. The first-order valence-electron chi connectivity index (χ1n) is 6.67. The van der Waals surface area contributed by atoms with Crippen molar-refractivity contribution in [3.05, 3.63) is 66.0 Å². The average molecular weight is 277 g/mol. The largest absolute Gasteiger partial charge is 0.366 e. The maximum absolute atomic E-state index is 11.1. The minimum Gasteiger partial charge on any atom is -0.366 e. The number of nitrogens with zero attached hydrogens (tertiary/aromatic N) is 2. The van der Waals surface area contributed by atoms with Crippen LogP contribution in [0.1, 0.15) is 11.3 Å². The predicted molar refractivity (Wildman–Crippen MR) is 83.6 cm³/mol. The second-order valence-corrected chi connectivity index (χ2v) is 4.88. The van der Waals surface area contributed by atoms with Crippen LogP contribution in [0.2, 0.25) is 0 Å². The van der Waals surface area contributed by atoms with Crippen LogP contribution in [0.15, 0.2) is 54.7 Å². The van der Waals surface area contributed by atoms with Crippen molar-refractivity contribution in [1.29, 1.82) is 0 Å². The van der Waals surface area contributed by atoms with Crippen molar-refractivity contribution in [3.63, 3.8) is 0 Å². The molecule has 0 spiro atoms. The van der Waals surface area contributed by atoms with Crippen LogP contribution in [-0.2, 0) is 4.79 Å². The number of carbonyl (C=O) groups excluding carboxylic acids is 1. The number of aryl methyl sites for hydroxylation is 1. The Hall–Kier alpha value is -2.88. The van der Waals surface area contributed by atoms with E-state index in [4.69, 9.17) is 5.73 Å². The molecule has 0 bridgehead atoms. The standard InChI is InChI=1S/C17H15N3O/c1-12-7-10-16-19-17(13-5-3-2-4-6-13)14(20(16)11-12)8-9-15(18)21/h2-11H,1H3,(H2,18,21). The number of pyridine rings is 1. The summed E-state index contributed by atoms with van der Waals surface area (Å²) in [6, 6.07) is 13.9. The number of amides is 1. The first-order valence-corrected chi connectivity index (χ1v) is 6.67. The molecule has 0 saturated heterocycles. The molecule has 0 aliphatic rings. The highest BCUT2D eigenvalue weighted by atomic mass is 16.1. The number of imidazole rings is 1. The number of carbonyl (C=O) groups is 1. The Kier molecular flexibility index (Phi) is 3.28. The van der Waals surface area contributed by atoms with Gasteiger partial charge in [-0.1, -0.05) is 36.4 Å². The van der Waals surface area contributed by atoms with Gasteiger partial charge in [0.15, 0.2) is 0 Å². The van der Waals surface area contributed by atoms with E-state index >= 15 is 0 Å². The van der Waals surface area contributed by atoms with Gasteiger partial charge >= 0.3 is 0 Å². The van der Waals surface area contributed by atoms with Crippen LogP contribution in [0.5, 0.6) is 0 Å². The lowest BCUT2D eigenvalue weighted by Gasteiger charge is -2.01. The smallest absolute Gasteiger partial charge is 0.241 e. The van der Waals surface area contributed by atoms with Gasteiger partial charge in [-0.15, -0.1) is 0 Å². The molecule has 0 aliphatic carbocycles. The van der Waals surface area contributed by atoms with Crippen molar-refractivity contribution in [2.45, 2.75) is 6.92 Å². The summed E-state index contributed by atoms with van der Waals surface area (Å²) in [6.45, 7) is 2.02. The average Bonchev–Trinajstić information content (AvgIpc) is 2.84. The molecule has 1 amide bonds. The van der Waals surface area contributed by atoms with Crippen molar-refractivity contribution >= 4 is 17.6 Å². The number of benzene rings is 1. The van der Waals surface area contributed by atoms with Gasteiger partial charge in [-0.25, -0.2) is 4.98 Å². The fourth-order valence-corrected chi connectivity index (χ4v) is 2.30. The molecule has 2 N–H and O–H groups in total. The molecular formula is C17H15N3O. The molecule has 4 heteroatoms. The highest BCUT2D eigenvalue weighted by Crippen LogP contribution is 2.25. The molecule has 2 heterocycles. The summed E-state index contributed by atoms with van der Waals surface area (Å²) in [4.78, 5) is 15.7. The topological polar surface area (TPSA) is 60.4 Å². The minimum absolute atomic E-state index is 0.475. The summed E-state index contributed by atoms with van der Waals surface area (Å²) in [6.07, 6.45) is 5.07. The van der Waals surface area contributed by atoms with Crippen molar-refractivity contribution in [2.24, 2.45) is 5.73 Å². The van der Waals surface area contributed by atoms with Gasteiger partial charge in [0, 0.05) is 17.8 Å². The highest BCUT2D eigenvalue weighted by molar-refractivity contribution is 5.91. The summed E-state index contributed by atoms with van der Waals surface area (Å²) < 4.78 is 1.97. The molecular weight excluding hydrogens is 262 g/mol. The Labute approximate surface area is 122 Å². The van der Waals surface area contributed by atoms with E-state index in [0.29, 0.717) is 0 Å². The summed E-state index contributed by atoms with van der Waals surface area (Å²) in [5, 5.41) is 0. The number of fused-ring (bicyclic) bond motifs is 1. The van der Waals surface area contributed by atoms with Crippen molar-refractivity contribution < 1.29 is 4.79 Å². The molecule has 0 atom stereocenters. The van der Waals surface area contributed by atoms with Crippen molar-refractivity contribution in [3.8, 4) is 11.3 Å². The van der Waals surface area contributed by atoms with E-state index in [0.717, 1.165) is 28.2 Å². The molecule has 0 saturated carbocycles. The van der Waals surface area contributed by atoms with Crippen LogP contribution in [0.4, 0.5) is 0 Å². The number of primary amides is 1. The van der Waals surface area contributed by atoms with Crippen LogP contribution >= 0.6 is 0 Å². The molecule has 104 valence electrons. The lowest BCUT2D eigenvalue weighted by Crippen LogP contribution is -2.05. The molecule has 1 aromatic carbocycles. The molecule has 0 radical (unpaired) electrons. The normalized spacial score (nSPS) is 11.3. The third-order valence-corrected chi connectivity index (χ3v) is 3.26. The van der Waals surface area contributed by atoms with Gasteiger partial charge in [0.25, 0.3) is 0 Å². The van der Waals surface area contributed by atoms with E-state index in [1.807, 2.05) is 60.0 Å². The summed E-state index contributed by atoms with van der Waals surface area (Å²) in [7, 11) is 0. The first kappa shape index (κ1) is 13.1. The third-order valence-electron chi connectivity index (χ3n) is 3.26. The lowest BCUT2D eigenvalue weighted by atomic mass is 10.1. The van der Waals surface area contributed by atoms with E-state index in [-0.39, 0.29) is 0 Å². The van der Waals surface area contributed by atoms with Gasteiger partial charge < -0.3 is 5.73 Å². The molecule has 2 aromatic heterocycles. The molecule has 4 nitrogen and oxygen atoms in total. The predicted octanol–water partition coefficient (Wildman–Crippen LogP) is 2.81. The Morgan fingerprint density at radius 2 is 1.95 bits per heavy atom. The highest BCUT2D eigenvalue weighted by Gasteiger charge is 2.11. The quantitative estimate of drug-likeness (QED) is 0.748. The third kappa shape index (κ3) is 2.56. The Morgan fingerprint density at radius 1 is 1.19 bits per heavy atom. The summed E-state index contributed by atoms with van der Waals surface area (Å²) in [5.74, 6) is -0.475. The Balaban J connectivity index is 2.28. The molecule has 0 fully saturated rings. The first-order chi connectivity index (χ1) is 10.1. The van der Waals surface area contributed by atoms with Crippen LogP contribution in [0, 0.1) is 6.92 Å². The summed E-state index contributed by atoms with van der Waals surface area (Å²) >= 11 is 0. The van der Waals surface area contributed by atoms with Gasteiger partial charge in [-0.05, 0) is 24.6 Å². The molecule has 0 unspecified atom stereocenters. The monoisotopic (exact) mass is 277 g/mol. The zero-order valence-corrected chi connectivity index (χ0v) is 11.7.